The molecule has 0 radical (unpaired) electrons. The third-order valence-corrected chi connectivity index (χ3v) is 5.15. The van der Waals surface area contributed by atoms with Gasteiger partial charge in [-0.1, -0.05) is 17.7 Å². The predicted molar refractivity (Wildman–Crippen MR) is 103 cm³/mol. The van der Waals surface area contributed by atoms with Gasteiger partial charge in [-0.25, -0.2) is 4.98 Å². The van der Waals surface area contributed by atoms with Crippen molar-refractivity contribution in [2.75, 3.05) is 18.4 Å². The summed E-state index contributed by atoms with van der Waals surface area (Å²) in [4.78, 5) is 19.3. The molecule has 0 spiro atoms. The molecule has 0 saturated carbocycles. The van der Waals surface area contributed by atoms with Crippen molar-refractivity contribution in [2.24, 2.45) is 0 Å². The molecule has 2 aromatic heterocycles. The van der Waals surface area contributed by atoms with E-state index < -0.39 is 0 Å². The van der Waals surface area contributed by atoms with Gasteiger partial charge in [-0.05, 0) is 49.9 Å². The second-order valence-electron chi connectivity index (χ2n) is 6.63. The van der Waals surface area contributed by atoms with Crippen LogP contribution in [0.25, 0.3) is 11.0 Å². The van der Waals surface area contributed by atoms with Crippen molar-refractivity contribution >= 4 is 40.0 Å². The van der Waals surface area contributed by atoms with Crippen LogP contribution >= 0.6 is 11.6 Å². The van der Waals surface area contributed by atoms with Gasteiger partial charge in [0, 0.05) is 29.9 Å². The van der Waals surface area contributed by atoms with Crippen LogP contribution in [0.4, 0.5) is 11.5 Å². The molecular formula is C20H20ClN3O2. The number of nitrogens with one attached hydrogen (secondary N) is 1. The molecule has 1 fully saturated rings. The van der Waals surface area contributed by atoms with Crippen molar-refractivity contribution in [3.05, 3.63) is 52.9 Å². The van der Waals surface area contributed by atoms with Gasteiger partial charge in [-0.3, -0.25) is 4.79 Å². The van der Waals surface area contributed by atoms with E-state index in [1.165, 1.54) is 6.42 Å². The van der Waals surface area contributed by atoms with Crippen molar-refractivity contribution in [2.45, 2.75) is 26.2 Å². The topological polar surface area (TPSA) is 58.4 Å². The molecule has 134 valence electrons. The Labute approximate surface area is 157 Å². The first-order valence-electron chi connectivity index (χ1n) is 8.82. The first-order chi connectivity index (χ1) is 12.6. The van der Waals surface area contributed by atoms with Crippen molar-refractivity contribution in [1.29, 1.82) is 0 Å². The maximum absolute atomic E-state index is 12.8. The van der Waals surface area contributed by atoms with E-state index in [0.717, 1.165) is 42.6 Å². The lowest BCUT2D eigenvalue weighted by Crippen LogP contribution is -2.36. The number of hydrogen-bond acceptors (Lipinski definition) is 4. The van der Waals surface area contributed by atoms with Gasteiger partial charge in [0.25, 0.3) is 5.91 Å². The zero-order valence-electron chi connectivity index (χ0n) is 14.6. The molecule has 0 bridgehead atoms. The number of carbonyl (C=O) groups is 1. The van der Waals surface area contributed by atoms with Crippen molar-refractivity contribution in [3.63, 3.8) is 0 Å². The lowest BCUT2D eigenvalue weighted by atomic mass is 10.1. The largest absolute Gasteiger partial charge is 0.464 e. The number of aromatic nitrogens is 1. The number of rotatable bonds is 3. The number of piperidine rings is 1. The summed E-state index contributed by atoms with van der Waals surface area (Å²) in [6, 6.07) is 9.30. The Morgan fingerprint density at radius 1 is 1.19 bits per heavy atom. The van der Waals surface area contributed by atoms with Crippen LogP contribution in [-0.4, -0.2) is 28.9 Å². The average Bonchev–Trinajstić information content (AvgIpc) is 3.14. The molecule has 0 unspecified atom stereocenters. The molecule has 1 aromatic carbocycles. The van der Waals surface area contributed by atoms with Crippen LogP contribution in [0.15, 0.2) is 41.0 Å². The number of pyridine rings is 1. The molecule has 4 rings (SSSR count). The minimum atomic E-state index is -0.0482. The van der Waals surface area contributed by atoms with Crippen LogP contribution in [0.5, 0.6) is 0 Å². The van der Waals surface area contributed by atoms with E-state index in [1.807, 2.05) is 36.1 Å². The van der Waals surface area contributed by atoms with Gasteiger partial charge in [-0.15, -0.1) is 0 Å². The fourth-order valence-electron chi connectivity index (χ4n) is 3.24. The van der Waals surface area contributed by atoms with Crippen molar-refractivity contribution < 1.29 is 9.21 Å². The number of aryl methyl sites for hydroxylation is 1. The van der Waals surface area contributed by atoms with Crippen LogP contribution in [-0.2, 0) is 0 Å². The van der Waals surface area contributed by atoms with E-state index in [0.29, 0.717) is 22.1 Å². The number of fused-ring (bicyclic) bond motifs is 1. The van der Waals surface area contributed by atoms with Gasteiger partial charge in [0.15, 0.2) is 0 Å². The molecule has 6 heteroatoms. The zero-order chi connectivity index (χ0) is 18.1. The molecule has 26 heavy (non-hydrogen) atoms. The highest BCUT2D eigenvalue weighted by Crippen LogP contribution is 2.29. The zero-order valence-corrected chi connectivity index (χ0v) is 15.3. The Balaban J connectivity index is 1.70. The fraction of sp³-hybridized carbons (Fsp3) is 0.300. The first kappa shape index (κ1) is 16.9. The smallest absolute Gasteiger partial charge is 0.272 e. The number of nitrogens with zero attached hydrogens (tertiary/aromatic N) is 2. The molecular weight excluding hydrogens is 350 g/mol. The second kappa shape index (κ2) is 7.00. The molecule has 3 heterocycles. The van der Waals surface area contributed by atoms with Crippen LogP contribution in [0, 0.1) is 6.92 Å². The lowest BCUT2D eigenvalue weighted by Gasteiger charge is -2.26. The summed E-state index contributed by atoms with van der Waals surface area (Å²) in [5, 5.41) is 4.78. The molecule has 1 amide bonds. The van der Waals surface area contributed by atoms with Gasteiger partial charge < -0.3 is 14.6 Å². The summed E-state index contributed by atoms with van der Waals surface area (Å²) in [6.45, 7) is 3.52. The SMILES string of the molecule is Cc1ccc(Nc2nc(C(=O)N3CCCCC3)cc3occc23)cc1Cl. The number of likely N-dealkylation sites (tertiary alicyclic amines) is 1. The predicted octanol–water partition coefficient (Wildman–Crippen LogP) is 5.16. The summed E-state index contributed by atoms with van der Waals surface area (Å²) >= 11 is 6.22. The monoisotopic (exact) mass is 369 g/mol. The summed E-state index contributed by atoms with van der Waals surface area (Å²) in [6.07, 6.45) is 4.87. The number of anilines is 2. The molecule has 1 aliphatic rings. The summed E-state index contributed by atoms with van der Waals surface area (Å²) in [5.41, 5.74) is 2.86. The van der Waals surface area contributed by atoms with Gasteiger partial charge >= 0.3 is 0 Å². The first-order valence-corrected chi connectivity index (χ1v) is 9.20. The number of benzene rings is 1. The molecule has 1 saturated heterocycles. The number of furan rings is 1. The Morgan fingerprint density at radius 3 is 2.77 bits per heavy atom. The van der Waals surface area contributed by atoms with Crippen LogP contribution in [0.3, 0.4) is 0 Å². The average molecular weight is 370 g/mol. The van der Waals surface area contributed by atoms with E-state index in [1.54, 1.807) is 12.3 Å². The highest BCUT2D eigenvalue weighted by Gasteiger charge is 2.21. The van der Waals surface area contributed by atoms with Gasteiger partial charge in [0.1, 0.15) is 17.1 Å². The second-order valence-corrected chi connectivity index (χ2v) is 7.04. The number of halogens is 1. The number of hydrogen-bond donors (Lipinski definition) is 1. The molecule has 0 aliphatic carbocycles. The summed E-state index contributed by atoms with van der Waals surface area (Å²) < 4.78 is 5.54. The van der Waals surface area contributed by atoms with E-state index >= 15 is 0 Å². The maximum Gasteiger partial charge on any atom is 0.272 e. The highest BCUT2D eigenvalue weighted by molar-refractivity contribution is 6.31. The van der Waals surface area contributed by atoms with Crippen LogP contribution in [0.1, 0.15) is 35.3 Å². The van der Waals surface area contributed by atoms with E-state index in [2.05, 4.69) is 10.3 Å². The normalized spacial score (nSPS) is 14.6. The number of amides is 1. The molecule has 5 nitrogen and oxygen atoms in total. The molecule has 1 N–H and O–H groups in total. The van der Waals surface area contributed by atoms with Gasteiger partial charge in [-0.2, -0.15) is 0 Å². The Hall–Kier alpha value is -2.53. The van der Waals surface area contributed by atoms with Crippen molar-refractivity contribution in [1.82, 2.24) is 9.88 Å². The van der Waals surface area contributed by atoms with Gasteiger partial charge in [0.05, 0.1) is 11.6 Å². The number of carbonyl (C=O) groups excluding carboxylic acids is 1. The van der Waals surface area contributed by atoms with Crippen LogP contribution in [0.2, 0.25) is 5.02 Å². The summed E-state index contributed by atoms with van der Waals surface area (Å²) in [7, 11) is 0. The van der Waals surface area contributed by atoms with E-state index in [4.69, 9.17) is 16.0 Å². The Kier molecular flexibility index (Phi) is 4.55. The van der Waals surface area contributed by atoms with E-state index in [-0.39, 0.29) is 5.91 Å². The minimum Gasteiger partial charge on any atom is -0.464 e. The fourth-order valence-corrected chi connectivity index (χ4v) is 3.42. The minimum absolute atomic E-state index is 0.0482. The summed E-state index contributed by atoms with van der Waals surface area (Å²) in [5.74, 6) is 0.546. The molecule has 3 aromatic rings. The quantitative estimate of drug-likeness (QED) is 0.692. The highest BCUT2D eigenvalue weighted by atomic mass is 35.5. The standard InChI is InChI=1S/C20H20ClN3O2/c1-13-5-6-14(11-16(13)21)22-19-15-7-10-26-18(15)12-17(23-19)20(25)24-8-3-2-4-9-24/h5-7,10-12H,2-4,8-9H2,1H3,(H,22,23). The third-order valence-electron chi connectivity index (χ3n) is 4.75. The maximum atomic E-state index is 12.8. The van der Waals surface area contributed by atoms with Crippen LogP contribution < -0.4 is 5.32 Å². The van der Waals surface area contributed by atoms with E-state index in [9.17, 15) is 4.79 Å². The molecule has 0 atom stereocenters. The molecule has 1 aliphatic heterocycles. The Bertz CT molecular complexity index is 961. The third kappa shape index (κ3) is 3.27. The lowest BCUT2D eigenvalue weighted by molar-refractivity contribution is 0.0718. The van der Waals surface area contributed by atoms with Gasteiger partial charge in [0.2, 0.25) is 0 Å². The Morgan fingerprint density at radius 2 is 2.00 bits per heavy atom. The van der Waals surface area contributed by atoms with Crippen molar-refractivity contribution in [3.8, 4) is 0 Å².